The van der Waals surface area contributed by atoms with Gasteiger partial charge in [-0.1, -0.05) is 0 Å². The van der Waals surface area contributed by atoms with E-state index in [0.29, 0.717) is 13.0 Å². The first-order valence-corrected chi connectivity index (χ1v) is 5.80. The number of halogens is 2. The molecule has 0 radical (unpaired) electrons. The number of hydrogen-bond donors (Lipinski definition) is 2. The molecule has 0 saturated heterocycles. The molecule has 1 amide bonds. The fourth-order valence-electron chi connectivity index (χ4n) is 1.24. The molecule has 1 aromatic rings. The fraction of sp³-hybridized carbons (Fsp3) is 0.600. The lowest BCUT2D eigenvalue weighted by atomic mass is 10.1. The third-order valence-corrected chi connectivity index (χ3v) is 3.12. The number of amides is 1. The van der Waals surface area contributed by atoms with E-state index in [1.807, 2.05) is 26.3 Å². The van der Waals surface area contributed by atoms with Crippen molar-refractivity contribution in [3.63, 3.8) is 0 Å². The quantitative estimate of drug-likeness (QED) is 0.874. The van der Waals surface area contributed by atoms with Crippen molar-refractivity contribution in [2.75, 3.05) is 13.6 Å². The van der Waals surface area contributed by atoms with Crippen molar-refractivity contribution >= 4 is 42.1 Å². The van der Waals surface area contributed by atoms with Crippen molar-refractivity contribution in [2.24, 2.45) is 0 Å². The van der Waals surface area contributed by atoms with E-state index < -0.39 is 0 Å². The van der Waals surface area contributed by atoms with Crippen molar-refractivity contribution in [3.05, 3.63) is 16.6 Å². The molecule has 0 spiro atoms. The number of carbonyl (C=O) groups is 1. The molecular formula is C10H19Cl2N3OS. The first-order chi connectivity index (χ1) is 7.06. The maximum atomic E-state index is 11.5. The van der Waals surface area contributed by atoms with E-state index in [-0.39, 0.29) is 36.3 Å². The van der Waals surface area contributed by atoms with Crippen molar-refractivity contribution in [1.82, 2.24) is 15.6 Å². The predicted octanol–water partition coefficient (Wildman–Crippen LogP) is 1.95. The average molecular weight is 300 g/mol. The maximum absolute atomic E-state index is 11.5. The molecule has 0 bridgehead atoms. The zero-order chi connectivity index (χ0) is 11.3. The second kappa shape index (κ2) is 8.69. The van der Waals surface area contributed by atoms with Crippen LogP contribution in [-0.4, -0.2) is 24.5 Å². The van der Waals surface area contributed by atoms with E-state index in [1.54, 1.807) is 17.5 Å². The molecule has 0 aliphatic carbocycles. The Morgan fingerprint density at radius 1 is 1.47 bits per heavy atom. The van der Waals surface area contributed by atoms with E-state index >= 15 is 0 Å². The van der Waals surface area contributed by atoms with Gasteiger partial charge >= 0.3 is 0 Å². The van der Waals surface area contributed by atoms with Gasteiger partial charge in [0.05, 0.1) is 5.54 Å². The SMILES string of the molecule is CNCCC(=O)NC(C)(C)c1nccs1.Cl.Cl. The van der Waals surface area contributed by atoms with Gasteiger partial charge in [0.15, 0.2) is 0 Å². The van der Waals surface area contributed by atoms with Gasteiger partial charge in [-0.25, -0.2) is 4.98 Å². The van der Waals surface area contributed by atoms with Gasteiger partial charge in [-0.15, -0.1) is 36.2 Å². The molecule has 0 unspecified atom stereocenters. The Morgan fingerprint density at radius 2 is 2.12 bits per heavy atom. The highest BCUT2D eigenvalue weighted by atomic mass is 35.5. The molecule has 0 saturated carbocycles. The summed E-state index contributed by atoms with van der Waals surface area (Å²) in [5.74, 6) is 0.0459. The fourth-order valence-corrected chi connectivity index (χ4v) is 1.95. The van der Waals surface area contributed by atoms with E-state index in [9.17, 15) is 4.79 Å². The lowest BCUT2D eigenvalue weighted by Crippen LogP contribution is -2.41. The Labute approximate surface area is 118 Å². The summed E-state index contributed by atoms with van der Waals surface area (Å²) >= 11 is 1.55. The number of thiazole rings is 1. The summed E-state index contributed by atoms with van der Waals surface area (Å²) < 4.78 is 0. The molecule has 0 aliphatic rings. The van der Waals surface area contributed by atoms with Crippen LogP contribution < -0.4 is 10.6 Å². The van der Waals surface area contributed by atoms with Crippen LogP contribution in [0.3, 0.4) is 0 Å². The molecule has 4 nitrogen and oxygen atoms in total. The van der Waals surface area contributed by atoms with Gasteiger partial charge in [0, 0.05) is 24.5 Å². The molecule has 1 rings (SSSR count). The van der Waals surface area contributed by atoms with E-state index in [1.165, 1.54) is 0 Å². The third-order valence-electron chi connectivity index (χ3n) is 2.02. The normalized spacial score (nSPS) is 10.1. The van der Waals surface area contributed by atoms with Gasteiger partial charge in [0.2, 0.25) is 5.91 Å². The van der Waals surface area contributed by atoms with E-state index in [2.05, 4.69) is 15.6 Å². The molecular weight excluding hydrogens is 281 g/mol. The van der Waals surface area contributed by atoms with Crippen LogP contribution in [0.1, 0.15) is 25.3 Å². The van der Waals surface area contributed by atoms with E-state index in [4.69, 9.17) is 0 Å². The van der Waals surface area contributed by atoms with Gasteiger partial charge in [0.1, 0.15) is 5.01 Å². The summed E-state index contributed by atoms with van der Waals surface area (Å²) in [6.45, 7) is 4.62. The molecule has 17 heavy (non-hydrogen) atoms. The number of carbonyl (C=O) groups excluding carboxylic acids is 1. The van der Waals surface area contributed by atoms with Gasteiger partial charge in [0.25, 0.3) is 0 Å². The molecule has 1 aromatic heterocycles. The minimum absolute atomic E-state index is 0. The van der Waals surface area contributed by atoms with Crippen LogP contribution in [0.2, 0.25) is 0 Å². The Hall–Kier alpha value is -0.360. The number of aromatic nitrogens is 1. The number of hydrogen-bond acceptors (Lipinski definition) is 4. The molecule has 0 aromatic carbocycles. The third kappa shape index (κ3) is 6.21. The Kier molecular flexibility index (Phi) is 9.71. The van der Waals surface area contributed by atoms with Crippen molar-refractivity contribution in [2.45, 2.75) is 25.8 Å². The predicted molar refractivity (Wildman–Crippen MR) is 76.3 cm³/mol. The summed E-state index contributed by atoms with van der Waals surface area (Å²) in [6.07, 6.45) is 2.24. The minimum Gasteiger partial charge on any atom is -0.345 e. The molecule has 2 N–H and O–H groups in total. The second-order valence-corrected chi connectivity index (χ2v) is 4.76. The first-order valence-electron chi connectivity index (χ1n) is 4.92. The summed E-state index contributed by atoms with van der Waals surface area (Å²) in [5.41, 5.74) is -0.376. The molecule has 1 heterocycles. The Balaban J connectivity index is 0. The van der Waals surface area contributed by atoms with Crippen LogP contribution in [0, 0.1) is 0 Å². The summed E-state index contributed by atoms with van der Waals surface area (Å²) in [4.78, 5) is 15.7. The molecule has 7 heteroatoms. The van der Waals surface area contributed by atoms with Crippen LogP contribution in [0.5, 0.6) is 0 Å². The standard InChI is InChI=1S/C10H17N3OS.2ClH/c1-10(2,9-12-6-7-15-9)13-8(14)4-5-11-3;;/h6-7,11H,4-5H2,1-3H3,(H,13,14);2*1H. The molecule has 0 atom stereocenters. The molecule has 0 aliphatic heterocycles. The van der Waals surface area contributed by atoms with Crippen LogP contribution in [0.25, 0.3) is 0 Å². The zero-order valence-corrected chi connectivity index (χ0v) is 12.6. The van der Waals surface area contributed by atoms with Crippen LogP contribution >= 0.6 is 36.2 Å². The number of nitrogens with one attached hydrogen (secondary N) is 2. The van der Waals surface area contributed by atoms with Crippen molar-refractivity contribution in [1.29, 1.82) is 0 Å². The first kappa shape index (κ1) is 19.0. The summed E-state index contributed by atoms with van der Waals surface area (Å²) in [7, 11) is 1.83. The van der Waals surface area contributed by atoms with Crippen LogP contribution in [-0.2, 0) is 10.3 Å². The van der Waals surface area contributed by atoms with Crippen molar-refractivity contribution < 1.29 is 4.79 Å². The van der Waals surface area contributed by atoms with Crippen molar-refractivity contribution in [3.8, 4) is 0 Å². The smallest absolute Gasteiger partial charge is 0.222 e. The zero-order valence-electron chi connectivity index (χ0n) is 10.1. The van der Waals surface area contributed by atoms with Gasteiger partial charge in [-0.3, -0.25) is 4.79 Å². The average Bonchev–Trinajstić information content (AvgIpc) is 2.67. The van der Waals surface area contributed by atoms with Gasteiger partial charge < -0.3 is 10.6 Å². The van der Waals surface area contributed by atoms with Crippen LogP contribution in [0.4, 0.5) is 0 Å². The molecule has 100 valence electrons. The highest BCUT2D eigenvalue weighted by Gasteiger charge is 2.24. The number of rotatable bonds is 5. The highest BCUT2D eigenvalue weighted by Crippen LogP contribution is 2.21. The monoisotopic (exact) mass is 299 g/mol. The number of nitrogens with zero attached hydrogens (tertiary/aromatic N) is 1. The van der Waals surface area contributed by atoms with Gasteiger partial charge in [-0.2, -0.15) is 0 Å². The lowest BCUT2D eigenvalue weighted by Gasteiger charge is -2.23. The summed E-state index contributed by atoms with van der Waals surface area (Å²) in [6, 6.07) is 0. The summed E-state index contributed by atoms with van der Waals surface area (Å²) in [5, 5.41) is 8.75. The largest absolute Gasteiger partial charge is 0.345 e. The van der Waals surface area contributed by atoms with Crippen LogP contribution in [0.15, 0.2) is 11.6 Å². The molecule has 0 fully saturated rings. The topological polar surface area (TPSA) is 54.0 Å². The maximum Gasteiger partial charge on any atom is 0.222 e. The second-order valence-electron chi connectivity index (χ2n) is 3.86. The minimum atomic E-state index is -0.376. The van der Waals surface area contributed by atoms with E-state index in [0.717, 1.165) is 5.01 Å². The lowest BCUT2D eigenvalue weighted by molar-refractivity contribution is -0.122. The van der Waals surface area contributed by atoms with Gasteiger partial charge in [-0.05, 0) is 20.9 Å². The highest BCUT2D eigenvalue weighted by molar-refractivity contribution is 7.09. The Morgan fingerprint density at radius 3 is 2.59 bits per heavy atom. The Bertz CT molecular complexity index is 317.